The van der Waals surface area contributed by atoms with Crippen LogP contribution < -0.4 is 10.6 Å². The predicted octanol–water partition coefficient (Wildman–Crippen LogP) is 2.66. The summed E-state index contributed by atoms with van der Waals surface area (Å²) in [4.78, 5) is 8.57. The molecule has 0 saturated carbocycles. The van der Waals surface area contributed by atoms with Crippen molar-refractivity contribution in [2.45, 2.75) is 0 Å². The Labute approximate surface area is 122 Å². The lowest BCUT2D eigenvalue weighted by atomic mass is 10.1. The van der Waals surface area contributed by atoms with Crippen LogP contribution in [-0.4, -0.2) is 26.8 Å². The summed E-state index contributed by atoms with van der Waals surface area (Å²) in [5.41, 5.74) is 2.12. The molecule has 0 saturated heterocycles. The molecule has 2 aromatic heterocycles. The summed E-state index contributed by atoms with van der Waals surface area (Å²) >= 11 is 0. The maximum absolute atomic E-state index is 4.33. The van der Waals surface area contributed by atoms with Gasteiger partial charge in [-0.05, 0) is 5.56 Å². The van der Waals surface area contributed by atoms with E-state index in [2.05, 4.69) is 37.8 Å². The van der Waals surface area contributed by atoms with Crippen molar-refractivity contribution in [3.63, 3.8) is 0 Å². The van der Waals surface area contributed by atoms with Gasteiger partial charge in [0.25, 0.3) is 0 Å². The molecule has 0 spiro atoms. The number of nitrogens with one attached hydrogen (secondary N) is 2. The van der Waals surface area contributed by atoms with E-state index < -0.39 is 0 Å². The van der Waals surface area contributed by atoms with Crippen LogP contribution in [-0.2, 0) is 7.05 Å². The Morgan fingerprint density at radius 3 is 2.43 bits per heavy atom. The minimum atomic E-state index is 0.667. The van der Waals surface area contributed by atoms with Crippen molar-refractivity contribution in [3.8, 4) is 11.1 Å². The molecular formula is C15H16N6. The summed E-state index contributed by atoms with van der Waals surface area (Å²) in [7, 11) is 3.71. The zero-order chi connectivity index (χ0) is 14.7. The van der Waals surface area contributed by atoms with E-state index in [1.165, 1.54) is 0 Å². The second-order valence-corrected chi connectivity index (χ2v) is 4.53. The zero-order valence-corrected chi connectivity index (χ0v) is 11.9. The number of benzene rings is 1. The van der Waals surface area contributed by atoms with Crippen LogP contribution in [0.4, 0.5) is 17.5 Å². The molecular weight excluding hydrogens is 264 g/mol. The molecule has 6 nitrogen and oxygen atoms in total. The third kappa shape index (κ3) is 2.55. The Bertz CT molecular complexity index is 735. The van der Waals surface area contributed by atoms with Crippen LogP contribution in [0, 0.1) is 0 Å². The minimum Gasteiger partial charge on any atom is -0.370 e. The van der Waals surface area contributed by atoms with E-state index in [1.54, 1.807) is 17.1 Å². The highest BCUT2D eigenvalue weighted by atomic mass is 15.3. The molecule has 0 aliphatic rings. The number of hydrogen-bond donors (Lipinski definition) is 2. The van der Waals surface area contributed by atoms with Crippen LogP contribution in [0.2, 0.25) is 0 Å². The first-order chi connectivity index (χ1) is 10.3. The van der Waals surface area contributed by atoms with Gasteiger partial charge in [-0.15, -0.1) is 0 Å². The molecule has 0 amide bonds. The second-order valence-electron chi connectivity index (χ2n) is 4.53. The lowest BCUT2D eigenvalue weighted by molar-refractivity contribution is 0.776. The van der Waals surface area contributed by atoms with Crippen molar-refractivity contribution >= 4 is 17.5 Å². The fraction of sp³-hybridized carbons (Fsp3) is 0.133. The molecule has 3 aromatic rings. The molecule has 21 heavy (non-hydrogen) atoms. The lowest BCUT2D eigenvalue weighted by Crippen LogP contribution is -2.05. The van der Waals surface area contributed by atoms with E-state index in [9.17, 15) is 0 Å². The molecule has 0 bridgehead atoms. The van der Waals surface area contributed by atoms with E-state index in [0.717, 1.165) is 16.9 Å². The summed E-state index contributed by atoms with van der Waals surface area (Å²) in [6, 6.07) is 10.1. The SMILES string of the molecule is CNc1nccnc1Nc1c(-c2ccccc2)cnn1C. The number of aryl methyl sites for hydroxylation is 1. The maximum atomic E-state index is 4.33. The quantitative estimate of drug-likeness (QED) is 0.769. The number of hydrogen-bond acceptors (Lipinski definition) is 5. The Morgan fingerprint density at radius 2 is 1.71 bits per heavy atom. The summed E-state index contributed by atoms with van der Waals surface area (Å²) in [5.74, 6) is 2.23. The highest BCUT2D eigenvalue weighted by Crippen LogP contribution is 2.30. The summed E-state index contributed by atoms with van der Waals surface area (Å²) in [6.07, 6.45) is 5.15. The smallest absolute Gasteiger partial charge is 0.174 e. The minimum absolute atomic E-state index is 0.667. The van der Waals surface area contributed by atoms with E-state index in [4.69, 9.17) is 0 Å². The van der Waals surface area contributed by atoms with Crippen molar-refractivity contribution in [1.82, 2.24) is 19.7 Å². The van der Waals surface area contributed by atoms with E-state index in [-0.39, 0.29) is 0 Å². The van der Waals surface area contributed by atoms with Crippen LogP contribution in [0.15, 0.2) is 48.9 Å². The third-order valence-corrected chi connectivity index (χ3v) is 3.20. The van der Waals surface area contributed by atoms with Gasteiger partial charge in [-0.3, -0.25) is 4.68 Å². The van der Waals surface area contributed by atoms with Crippen LogP contribution >= 0.6 is 0 Å². The van der Waals surface area contributed by atoms with Gasteiger partial charge in [-0.2, -0.15) is 5.10 Å². The Morgan fingerprint density at radius 1 is 1.00 bits per heavy atom. The second kappa shape index (κ2) is 5.62. The van der Waals surface area contributed by atoms with Crippen molar-refractivity contribution in [2.75, 3.05) is 17.7 Å². The first kappa shape index (κ1) is 13.1. The Kier molecular flexibility index (Phi) is 3.51. The lowest BCUT2D eigenvalue weighted by Gasteiger charge is -2.11. The fourth-order valence-corrected chi connectivity index (χ4v) is 2.14. The number of rotatable bonds is 4. The highest BCUT2D eigenvalue weighted by Gasteiger charge is 2.13. The molecule has 0 aliphatic heterocycles. The van der Waals surface area contributed by atoms with E-state index in [0.29, 0.717) is 11.6 Å². The normalized spacial score (nSPS) is 10.4. The molecule has 2 heterocycles. The van der Waals surface area contributed by atoms with Gasteiger partial charge in [0.2, 0.25) is 0 Å². The highest BCUT2D eigenvalue weighted by molar-refractivity contribution is 5.79. The van der Waals surface area contributed by atoms with E-state index in [1.807, 2.05) is 38.5 Å². The summed E-state index contributed by atoms with van der Waals surface area (Å²) < 4.78 is 1.79. The van der Waals surface area contributed by atoms with Gasteiger partial charge in [-0.1, -0.05) is 30.3 Å². The van der Waals surface area contributed by atoms with Gasteiger partial charge in [0.1, 0.15) is 5.82 Å². The monoisotopic (exact) mass is 280 g/mol. The molecule has 106 valence electrons. The topological polar surface area (TPSA) is 67.7 Å². The summed E-state index contributed by atoms with van der Waals surface area (Å²) in [6.45, 7) is 0. The maximum Gasteiger partial charge on any atom is 0.174 e. The van der Waals surface area contributed by atoms with Crippen molar-refractivity contribution in [3.05, 3.63) is 48.9 Å². The largest absolute Gasteiger partial charge is 0.370 e. The van der Waals surface area contributed by atoms with Crippen molar-refractivity contribution in [1.29, 1.82) is 0 Å². The molecule has 0 unspecified atom stereocenters. The number of anilines is 3. The first-order valence-corrected chi connectivity index (χ1v) is 6.63. The molecule has 0 aliphatic carbocycles. The van der Waals surface area contributed by atoms with Gasteiger partial charge < -0.3 is 10.6 Å². The van der Waals surface area contributed by atoms with Crippen LogP contribution in [0.25, 0.3) is 11.1 Å². The zero-order valence-electron chi connectivity index (χ0n) is 11.9. The van der Waals surface area contributed by atoms with Gasteiger partial charge in [0.15, 0.2) is 11.6 Å². The van der Waals surface area contributed by atoms with Gasteiger partial charge >= 0.3 is 0 Å². The average molecular weight is 280 g/mol. The van der Waals surface area contributed by atoms with Crippen LogP contribution in [0.5, 0.6) is 0 Å². The molecule has 3 rings (SSSR count). The van der Waals surface area contributed by atoms with Crippen molar-refractivity contribution in [2.24, 2.45) is 7.05 Å². The first-order valence-electron chi connectivity index (χ1n) is 6.63. The molecule has 2 N–H and O–H groups in total. The Hall–Kier alpha value is -2.89. The predicted molar refractivity (Wildman–Crippen MR) is 83.5 cm³/mol. The Balaban J connectivity index is 2.02. The molecule has 6 heteroatoms. The van der Waals surface area contributed by atoms with Gasteiger partial charge in [-0.25, -0.2) is 9.97 Å². The van der Waals surface area contributed by atoms with E-state index >= 15 is 0 Å². The molecule has 1 aromatic carbocycles. The van der Waals surface area contributed by atoms with Gasteiger partial charge in [0, 0.05) is 32.1 Å². The summed E-state index contributed by atoms with van der Waals surface area (Å²) in [5, 5.41) is 10.7. The molecule has 0 atom stereocenters. The van der Waals surface area contributed by atoms with Gasteiger partial charge in [0.05, 0.1) is 6.20 Å². The van der Waals surface area contributed by atoms with Crippen molar-refractivity contribution < 1.29 is 0 Å². The standard InChI is InChI=1S/C15H16N6/c1-16-13-14(18-9-8-17-13)20-15-12(10-19-21(15)2)11-6-4-3-5-7-11/h3-10H,1-2H3,(H,16,17)(H,18,20). The average Bonchev–Trinajstić information content (AvgIpc) is 2.90. The number of aromatic nitrogens is 4. The third-order valence-electron chi connectivity index (χ3n) is 3.20. The number of nitrogens with zero attached hydrogens (tertiary/aromatic N) is 4. The molecule has 0 fully saturated rings. The molecule has 0 radical (unpaired) electrons. The van der Waals surface area contributed by atoms with Crippen LogP contribution in [0.1, 0.15) is 0 Å². The fourth-order valence-electron chi connectivity index (χ4n) is 2.14. The van der Waals surface area contributed by atoms with Crippen LogP contribution in [0.3, 0.4) is 0 Å².